The van der Waals surface area contributed by atoms with Gasteiger partial charge >= 0.3 is 0 Å². The molecular formula is C14H34O3Si2. The summed E-state index contributed by atoms with van der Waals surface area (Å²) in [5.74, 6) is 0. The van der Waals surface area contributed by atoms with Crippen molar-refractivity contribution in [2.24, 2.45) is 0 Å². The lowest BCUT2D eigenvalue weighted by Crippen LogP contribution is -2.47. The van der Waals surface area contributed by atoms with Crippen molar-refractivity contribution in [1.29, 1.82) is 0 Å². The summed E-state index contributed by atoms with van der Waals surface area (Å²) in [6.45, 7) is 22.0. The van der Waals surface area contributed by atoms with Gasteiger partial charge in [-0.3, -0.25) is 0 Å². The number of rotatable bonds is 5. The van der Waals surface area contributed by atoms with Gasteiger partial charge in [-0.2, -0.15) is 0 Å². The molecule has 1 N–H and O–H groups in total. The molecule has 1 atom stereocenters. The molecule has 0 aromatic heterocycles. The average Bonchev–Trinajstić information content (AvgIpc) is 2.10. The van der Waals surface area contributed by atoms with Crippen LogP contribution in [0.15, 0.2) is 0 Å². The fraction of sp³-hybridized carbons (Fsp3) is 1.00. The van der Waals surface area contributed by atoms with Gasteiger partial charge < -0.3 is 14.0 Å². The molecule has 0 spiro atoms. The Morgan fingerprint density at radius 2 is 1.21 bits per heavy atom. The van der Waals surface area contributed by atoms with Crippen molar-refractivity contribution < 1.29 is 14.0 Å². The highest BCUT2D eigenvalue weighted by Gasteiger charge is 2.41. The highest BCUT2D eigenvalue weighted by atomic mass is 28.4. The molecule has 0 amide bonds. The molecule has 19 heavy (non-hydrogen) atoms. The number of aliphatic hydroxyl groups excluding tert-OH is 1. The summed E-state index contributed by atoms with van der Waals surface area (Å²) in [6.07, 6.45) is -0.810. The SMILES string of the molecule is CC(C)(C)[Si](C)(C)OC[C@@H](O)O[Si](C)(C)C(C)(C)C. The third-order valence-electron chi connectivity index (χ3n) is 4.63. The molecule has 5 heteroatoms. The summed E-state index contributed by atoms with van der Waals surface area (Å²) in [4.78, 5) is 0. The molecule has 0 heterocycles. The van der Waals surface area contributed by atoms with Crippen molar-refractivity contribution in [3.05, 3.63) is 0 Å². The maximum Gasteiger partial charge on any atom is 0.195 e. The molecule has 0 aliphatic carbocycles. The van der Waals surface area contributed by atoms with Gasteiger partial charge in [-0.1, -0.05) is 41.5 Å². The maximum absolute atomic E-state index is 10.1. The highest BCUT2D eigenvalue weighted by molar-refractivity contribution is 6.74. The Hall–Kier alpha value is 0.314. The standard InChI is InChI=1S/C14H34O3Si2/c1-13(2,3)18(7,8)16-11-12(15)17-19(9,10)14(4,5)6/h12,15H,11H2,1-10H3/t12-/m0/s1. The van der Waals surface area contributed by atoms with E-state index in [1.165, 1.54) is 0 Å². The van der Waals surface area contributed by atoms with Crippen LogP contribution in [0.25, 0.3) is 0 Å². The molecule has 0 unspecified atom stereocenters. The van der Waals surface area contributed by atoms with E-state index in [1.807, 2.05) is 0 Å². The lowest BCUT2D eigenvalue weighted by Gasteiger charge is -2.40. The minimum absolute atomic E-state index is 0.102. The Bertz CT molecular complexity index is 288. The van der Waals surface area contributed by atoms with E-state index in [-0.39, 0.29) is 16.7 Å². The van der Waals surface area contributed by atoms with Gasteiger partial charge in [0.05, 0.1) is 6.61 Å². The normalized spacial score (nSPS) is 16.6. The van der Waals surface area contributed by atoms with Crippen LogP contribution < -0.4 is 0 Å². The number of aliphatic hydroxyl groups is 1. The van der Waals surface area contributed by atoms with E-state index in [1.54, 1.807) is 0 Å². The lowest BCUT2D eigenvalue weighted by molar-refractivity contribution is -0.0604. The molecule has 0 rings (SSSR count). The van der Waals surface area contributed by atoms with E-state index < -0.39 is 22.9 Å². The predicted octanol–water partition coefficient (Wildman–Crippen LogP) is 4.35. The highest BCUT2D eigenvalue weighted by Crippen LogP contribution is 2.38. The van der Waals surface area contributed by atoms with Crippen molar-refractivity contribution in [1.82, 2.24) is 0 Å². The first-order chi connectivity index (χ1) is 8.10. The van der Waals surface area contributed by atoms with Gasteiger partial charge in [-0.05, 0) is 36.3 Å². The summed E-state index contributed by atoms with van der Waals surface area (Å²) < 4.78 is 11.9. The largest absolute Gasteiger partial charge is 0.412 e. The molecule has 0 aliphatic heterocycles. The summed E-state index contributed by atoms with van der Waals surface area (Å²) in [6, 6.07) is 0. The first-order valence-electron chi connectivity index (χ1n) is 7.10. The summed E-state index contributed by atoms with van der Waals surface area (Å²) in [5, 5.41) is 10.3. The van der Waals surface area contributed by atoms with Gasteiger partial charge in [0, 0.05) is 0 Å². The predicted molar refractivity (Wildman–Crippen MR) is 87.4 cm³/mol. The van der Waals surface area contributed by atoms with Gasteiger partial charge in [0.15, 0.2) is 22.9 Å². The van der Waals surface area contributed by atoms with Crippen molar-refractivity contribution in [2.45, 2.75) is 84.1 Å². The molecule has 0 radical (unpaired) electrons. The lowest BCUT2D eigenvalue weighted by atomic mass is 10.2. The topological polar surface area (TPSA) is 38.7 Å². The Morgan fingerprint density at radius 1 is 0.842 bits per heavy atom. The van der Waals surface area contributed by atoms with E-state index in [4.69, 9.17) is 8.85 Å². The van der Waals surface area contributed by atoms with E-state index in [2.05, 4.69) is 67.7 Å². The molecule has 3 nitrogen and oxygen atoms in total. The zero-order chi connectivity index (χ0) is 15.7. The molecular weight excluding hydrogens is 272 g/mol. The second-order valence-corrected chi connectivity index (χ2v) is 18.0. The van der Waals surface area contributed by atoms with E-state index in [9.17, 15) is 5.11 Å². The van der Waals surface area contributed by atoms with Crippen molar-refractivity contribution in [2.75, 3.05) is 6.61 Å². The third-order valence-corrected chi connectivity index (χ3v) is 13.6. The van der Waals surface area contributed by atoms with Crippen LogP contribution in [-0.2, 0) is 8.85 Å². The van der Waals surface area contributed by atoms with Gasteiger partial charge in [-0.15, -0.1) is 0 Å². The maximum atomic E-state index is 10.1. The van der Waals surface area contributed by atoms with Gasteiger partial charge in [0.25, 0.3) is 0 Å². The van der Waals surface area contributed by atoms with E-state index in [0.717, 1.165) is 0 Å². The Labute approximate surface area is 122 Å². The Morgan fingerprint density at radius 3 is 1.53 bits per heavy atom. The van der Waals surface area contributed by atoms with Crippen LogP contribution in [0.5, 0.6) is 0 Å². The second kappa shape index (κ2) is 5.97. The average molecular weight is 307 g/mol. The zero-order valence-corrected chi connectivity index (χ0v) is 16.5. The number of hydrogen-bond donors (Lipinski definition) is 1. The van der Waals surface area contributed by atoms with Gasteiger partial charge in [0.2, 0.25) is 0 Å². The molecule has 0 saturated heterocycles. The van der Waals surface area contributed by atoms with E-state index >= 15 is 0 Å². The second-order valence-electron chi connectivity index (χ2n) is 8.40. The molecule has 0 aliphatic rings. The van der Waals surface area contributed by atoms with Crippen molar-refractivity contribution in [3.8, 4) is 0 Å². The first-order valence-corrected chi connectivity index (χ1v) is 12.9. The van der Waals surface area contributed by atoms with Gasteiger partial charge in [-0.25, -0.2) is 0 Å². The molecule has 116 valence electrons. The molecule has 0 saturated carbocycles. The van der Waals surface area contributed by atoms with E-state index in [0.29, 0.717) is 0 Å². The van der Waals surface area contributed by atoms with Gasteiger partial charge in [0.1, 0.15) is 0 Å². The fourth-order valence-electron chi connectivity index (χ4n) is 1.05. The van der Waals surface area contributed by atoms with Crippen LogP contribution in [0.2, 0.25) is 36.3 Å². The summed E-state index contributed by atoms with van der Waals surface area (Å²) >= 11 is 0. The Kier molecular flexibility index (Phi) is 6.07. The van der Waals surface area contributed by atoms with Crippen LogP contribution in [0.4, 0.5) is 0 Å². The van der Waals surface area contributed by atoms with Crippen LogP contribution in [-0.4, -0.2) is 34.6 Å². The van der Waals surface area contributed by atoms with Crippen LogP contribution in [0.3, 0.4) is 0 Å². The fourth-order valence-corrected chi connectivity index (χ4v) is 3.14. The van der Waals surface area contributed by atoms with Crippen molar-refractivity contribution >= 4 is 16.6 Å². The minimum Gasteiger partial charge on any atom is -0.412 e. The smallest absolute Gasteiger partial charge is 0.195 e. The molecule has 0 aromatic carbocycles. The quantitative estimate of drug-likeness (QED) is 0.606. The van der Waals surface area contributed by atoms with Crippen molar-refractivity contribution in [3.63, 3.8) is 0 Å². The first kappa shape index (κ1) is 19.3. The summed E-state index contributed by atoms with van der Waals surface area (Å²) in [7, 11) is -3.74. The molecule has 0 fully saturated rings. The monoisotopic (exact) mass is 306 g/mol. The summed E-state index contributed by atoms with van der Waals surface area (Å²) in [5.41, 5.74) is 0. The van der Waals surface area contributed by atoms with Crippen LogP contribution in [0.1, 0.15) is 41.5 Å². The van der Waals surface area contributed by atoms with Crippen LogP contribution in [0, 0.1) is 0 Å². The zero-order valence-electron chi connectivity index (χ0n) is 14.5. The third kappa shape index (κ3) is 5.67. The van der Waals surface area contributed by atoms with Crippen LogP contribution >= 0.6 is 0 Å². The minimum atomic E-state index is -1.92. The molecule has 0 aromatic rings. The molecule has 0 bridgehead atoms. The Balaban J connectivity index is 4.47. The number of hydrogen-bond acceptors (Lipinski definition) is 3.